The average Bonchev–Trinajstić information content (AvgIpc) is 2.04. The Morgan fingerprint density at radius 2 is 2.31 bits per heavy atom. The van der Waals surface area contributed by atoms with Crippen LogP contribution in [-0.4, -0.2) is 16.6 Å². The molecule has 0 aromatic carbocycles. The molecule has 1 atom stereocenters. The second kappa shape index (κ2) is 3.85. The van der Waals surface area contributed by atoms with Crippen LogP contribution in [0.2, 0.25) is 0 Å². The first-order valence-electron chi connectivity index (χ1n) is 4.41. The van der Waals surface area contributed by atoms with Crippen molar-refractivity contribution in [3.05, 3.63) is 29.6 Å². The fraction of sp³-hybridized carbons (Fsp3) is 0.500. The average molecular weight is 180 g/mol. The van der Waals surface area contributed by atoms with E-state index < -0.39 is 5.60 Å². The van der Waals surface area contributed by atoms with Crippen LogP contribution in [0.15, 0.2) is 18.5 Å². The molecular formula is C10H16N2O. The first kappa shape index (κ1) is 10.2. The van der Waals surface area contributed by atoms with E-state index in [9.17, 15) is 5.11 Å². The molecule has 0 saturated heterocycles. The highest BCUT2D eigenvalue weighted by atomic mass is 16.3. The maximum atomic E-state index is 10.0. The lowest BCUT2D eigenvalue weighted by atomic mass is 9.91. The molecule has 72 valence electrons. The van der Waals surface area contributed by atoms with Crippen LogP contribution in [0.5, 0.6) is 0 Å². The second-order valence-corrected chi connectivity index (χ2v) is 3.50. The van der Waals surface area contributed by atoms with Gasteiger partial charge < -0.3 is 10.8 Å². The smallest absolute Gasteiger partial charge is 0.0897 e. The summed E-state index contributed by atoms with van der Waals surface area (Å²) in [5.41, 5.74) is 6.48. The fourth-order valence-corrected chi connectivity index (χ4v) is 1.44. The molecule has 13 heavy (non-hydrogen) atoms. The summed E-state index contributed by atoms with van der Waals surface area (Å²) < 4.78 is 0. The van der Waals surface area contributed by atoms with E-state index in [1.54, 1.807) is 19.3 Å². The highest BCUT2D eigenvalue weighted by molar-refractivity contribution is 5.27. The third-order valence-electron chi connectivity index (χ3n) is 2.25. The lowest BCUT2D eigenvalue weighted by Crippen LogP contribution is -2.26. The molecule has 0 fully saturated rings. The van der Waals surface area contributed by atoms with Crippen molar-refractivity contribution >= 4 is 0 Å². The lowest BCUT2D eigenvalue weighted by molar-refractivity contribution is 0.0494. The lowest BCUT2D eigenvalue weighted by Gasteiger charge is -2.24. The number of nitrogens with two attached hydrogens (primary N) is 1. The van der Waals surface area contributed by atoms with Gasteiger partial charge in [-0.3, -0.25) is 4.98 Å². The Morgan fingerprint density at radius 3 is 2.85 bits per heavy atom. The van der Waals surface area contributed by atoms with Gasteiger partial charge >= 0.3 is 0 Å². The standard InChI is InChI=1S/C10H16N2O/c1-8-3-6-12-7-9(8)10(2,13)4-5-11/h3,6-7,13H,4-5,11H2,1-2H3. The van der Waals surface area contributed by atoms with E-state index in [0.717, 1.165) is 11.1 Å². The summed E-state index contributed by atoms with van der Waals surface area (Å²) in [6.07, 6.45) is 3.97. The minimum Gasteiger partial charge on any atom is -0.385 e. The molecular weight excluding hydrogens is 164 g/mol. The van der Waals surface area contributed by atoms with Crippen LogP contribution in [0, 0.1) is 6.92 Å². The van der Waals surface area contributed by atoms with Crippen molar-refractivity contribution in [3.63, 3.8) is 0 Å². The van der Waals surface area contributed by atoms with E-state index in [1.165, 1.54) is 0 Å². The molecule has 3 heteroatoms. The van der Waals surface area contributed by atoms with E-state index in [1.807, 2.05) is 13.0 Å². The van der Waals surface area contributed by atoms with Crippen molar-refractivity contribution in [1.29, 1.82) is 0 Å². The van der Waals surface area contributed by atoms with E-state index in [-0.39, 0.29) is 0 Å². The Morgan fingerprint density at radius 1 is 1.62 bits per heavy atom. The van der Waals surface area contributed by atoms with Gasteiger partial charge in [0.25, 0.3) is 0 Å². The molecule has 1 heterocycles. The minimum absolute atomic E-state index is 0.474. The summed E-state index contributed by atoms with van der Waals surface area (Å²) in [5, 5.41) is 10.0. The Kier molecular flexibility index (Phi) is 3.01. The minimum atomic E-state index is -0.854. The maximum Gasteiger partial charge on any atom is 0.0897 e. The van der Waals surface area contributed by atoms with Crippen molar-refractivity contribution in [2.75, 3.05) is 6.54 Å². The zero-order valence-electron chi connectivity index (χ0n) is 8.12. The van der Waals surface area contributed by atoms with Crippen molar-refractivity contribution < 1.29 is 5.11 Å². The number of aryl methyl sites for hydroxylation is 1. The van der Waals surface area contributed by atoms with Gasteiger partial charge in [0, 0.05) is 18.0 Å². The van der Waals surface area contributed by atoms with Gasteiger partial charge in [0.2, 0.25) is 0 Å². The number of aliphatic hydroxyl groups is 1. The Hall–Kier alpha value is -0.930. The van der Waals surface area contributed by atoms with Crippen LogP contribution in [0.25, 0.3) is 0 Å². The van der Waals surface area contributed by atoms with Gasteiger partial charge in [0.05, 0.1) is 5.60 Å². The normalized spacial score (nSPS) is 15.4. The maximum absolute atomic E-state index is 10.0. The van der Waals surface area contributed by atoms with Crippen LogP contribution in [0.4, 0.5) is 0 Å². The number of aromatic nitrogens is 1. The molecule has 0 spiro atoms. The van der Waals surface area contributed by atoms with E-state index >= 15 is 0 Å². The molecule has 1 unspecified atom stereocenters. The SMILES string of the molecule is Cc1ccncc1C(C)(O)CCN. The van der Waals surface area contributed by atoms with Crippen molar-refractivity contribution in [1.82, 2.24) is 4.98 Å². The molecule has 0 radical (unpaired) electrons. The van der Waals surface area contributed by atoms with Crippen LogP contribution >= 0.6 is 0 Å². The number of hydrogen-bond donors (Lipinski definition) is 2. The summed E-state index contributed by atoms with van der Waals surface area (Å²) in [7, 11) is 0. The van der Waals surface area contributed by atoms with Crippen LogP contribution in [0.3, 0.4) is 0 Å². The quantitative estimate of drug-likeness (QED) is 0.728. The number of hydrogen-bond acceptors (Lipinski definition) is 3. The Balaban J connectivity index is 2.99. The molecule has 1 aromatic rings. The predicted molar refractivity (Wildman–Crippen MR) is 52.2 cm³/mol. The van der Waals surface area contributed by atoms with Gasteiger partial charge in [0.1, 0.15) is 0 Å². The first-order chi connectivity index (χ1) is 6.08. The Labute approximate surface area is 78.6 Å². The summed E-state index contributed by atoms with van der Waals surface area (Å²) in [5.74, 6) is 0. The predicted octanol–water partition coefficient (Wildman–Crippen LogP) is 0.946. The number of nitrogens with zero attached hydrogens (tertiary/aromatic N) is 1. The molecule has 1 aromatic heterocycles. The van der Waals surface area contributed by atoms with Gasteiger partial charge in [-0.2, -0.15) is 0 Å². The third-order valence-corrected chi connectivity index (χ3v) is 2.25. The Bertz CT molecular complexity index is 284. The van der Waals surface area contributed by atoms with Crippen molar-refractivity contribution in [2.24, 2.45) is 5.73 Å². The molecule has 3 nitrogen and oxygen atoms in total. The topological polar surface area (TPSA) is 59.1 Å². The highest BCUT2D eigenvalue weighted by Crippen LogP contribution is 2.25. The van der Waals surface area contributed by atoms with Crippen molar-refractivity contribution in [2.45, 2.75) is 25.9 Å². The largest absolute Gasteiger partial charge is 0.385 e. The fourth-order valence-electron chi connectivity index (χ4n) is 1.44. The van der Waals surface area contributed by atoms with Crippen LogP contribution < -0.4 is 5.73 Å². The summed E-state index contributed by atoms with van der Waals surface area (Å²) >= 11 is 0. The van der Waals surface area contributed by atoms with Gasteiger partial charge in [-0.05, 0) is 38.4 Å². The van der Waals surface area contributed by atoms with Gasteiger partial charge in [-0.1, -0.05) is 0 Å². The molecule has 0 saturated carbocycles. The molecule has 0 aliphatic carbocycles. The van der Waals surface area contributed by atoms with Crippen molar-refractivity contribution in [3.8, 4) is 0 Å². The molecule has 3 N–H and O–H groups in total. The molecule has 0 amide bonds. The molecule has 0 bridgehead atoms. The van der Waals surface area contributed by atoms with Gasteiger partial charge in [-0.15, -0.1) is 0 Å². The third kappa shape index (κ3) is 2.26. The van der Waals surface area contributed by atoms with E-state index in [0.29, 0.717) is 13.0 Å². The highest BCUT2D eigenvalue weighted by Gasteiger charge is 2.23. The zero-order chi connectivity index (χ0) is 9.90. The zero-order valence-corrected chi connectivity index (χ0v) is 8.12. The second-order valence-electron chi connectivity index (χ2n) is 3.50. The van der Waals surface area contributed by atoms with E-state index in [4.69, 9.17) is 5.73 Å². The number of rotatable bonds is 3. The van der Waals surface area contributed by atoms with Gasteiger partial charge in [0.15, 0.2) is 0 Å². The van der Waals surface area contributed by atoms with Gasteiger partial charge in [-0.25, -0.2) is 0 Å². The van der Waals surface area contributed by atoms with E-state index in [2.05, 4.69) is 4.98 Å². The monoisotopic (exact) mass is 180 g/mol. The summed E-state index contributed by atoms with van der Waals surface area (Å²) in [6.45, 7) is 4.20. The molecule has 0 aliphatic heterocycles. The summed E-state index contributed by atoms with van der Waals surface area (Å²) in [4.78, 5) is 3.99. The molecule has 0 aliphatic rings. The first-order valence-corrected chi connectivity index (χ1v) is 4.41. The van der Waals surface area contributed by atoms with Crippen LogP contribution in [0.1, 0.15) is 24.5 Å². The number of pyridine rings is 1. The summed E-state index contributed by atoms with van der Waals surface area (Å²) in [6, 6.07) is 1.89. The molecule has 1 rings (SSSR count). The van der Waals surface area contributed by atoms with Crippen LogP contribution in [-0.2, 0) is 5.60 Å².